The van der Waals surface area contributed by atoms with Gasteiger partial charge >= 0.3 is 0 Å². The third-order valence-corrected chi connectivity index (χ3v) is 1.84. The van der Waals surface area contributed by atoms with Gasteiger partial charge in [-0.05, 0) is 0 Å². The zero-order valence-electron chi connectivity index (χ0n) is 4.50. The first-order chi connectivity index (χ1) is 4.33. The van der Waals surface area contributed by atoms with E-state index in [1.807, 2.05) is 0 Å². The van der Waals surface area contributed by atoms with Gasteiger partial charge in [-0.3, -0.25) is 4.84 Å². The Morgan fingerprint density at radius 1 is 1.89 bits per heavy atom. The van der Waals surface area contributed by atoms with Crippen LogP contribution >= 0.6 is 22.9 Å². The lowest BCUT2D eigenvalue weighted by Crippen LogP contribution is -1.96. The van der Waals surface area contributed by atoms with E-state index in [1.54, 1.807) is 6.20 Å². The lowest BCUT2D eigenvalue weighted by Gasteiger charge is -1.87. The highest BCUT2D eigenvalue weighted by molar-refractivity contribution is 7.15. The SMILES string of the molecule is NOCc1cnc(Cl)s1. The van der Waals surface area contributed by atoms with Crippen molar-refractivity contribution in [1.82, 2.24) is 4.98 Å². The molecule has 0 radical (unpaired) electrons. The quantitative estimate of drug-likeness (QED) is 0.668. The minimum Gasteiger partial charge on any atom is -0.299 e. The van der Waals surface area contributed by atoms with Crippen molar-refractivity contribution in [3.8, 4) is 0 Å². The Morgan fingerprint density at radius 3 is 3.11 bits per heavy atom. The normalized spacial score (nSPS) is 10.0. The summed E-state index contributed by atoms with van der Waals surface area (Å²) in [5, 5.41) is 0. The monoisotopic (exact) mass is 164 g/mol. The zero-order chi connectivity index (χ0) is 6.69. The van der Waals surface area contributed by atoms with E-state index in [1.165, 1.54) is 11.3 Å². The molecule has 3 nitrogen and oxygen atoms in total. The Labute approximate surface area is 61.4 Å². The van der Waals surface area contributed by atoms with E-state index in [0.717, 1.165) is 4.88 Å². The average Bonchev–Trinajstić information content (AvgIpc) is 2.17. The van der Waals surface area contributed by atoms with Crippen LogP contribution in [-0.4, -0.2) is 4.98 Å². The molecule has 0 saturated carbocycles. The van der Waals surface area contributed by atoms with Crippen molar-refractivity contribution in [2.24, 2.45) is 5.90 Å². The van der Waals surface area contributed by atoms with Crippen molar-refractivity contribution in [1.29, 1.82) is 0 Å². The number of thiazole rings is 1. The van der Waals surface area contributed by atoms with Crippen LogP contribution in [0, 0.1) is 0 Å². The third-order valence-electron chi connectivity index (χ3n) is 0.751. The first-order valence-corrected chi connectivity index (χ1v) is 3.44. The van der Waals surface area contributed by atoms with Crippen LogP contribution in [0.25, 0.3) is 0 Å². The summed E-state index contributed by atoms with van der Waals surface area (Å²) in [4.78, 5) is 9.07. The second-order valence-corrected chi connectivity index (χ2v) is 3.09. The molecular weight excluding hydrogens is 160 g/mol. The zero-order valence-corrected chi connectivity index (χ0v) is 6.08. The van der Waals surface area contributed by atoms with E-state index in [4.69, 9.17) is 17.5 Å². The van der Waals surface area contributed by atoms with Gasteiger partial charge in [0.1, 0.15) is 6.61 Å². The molecule has 0 aromatic carbocycles. The first kappa shape index (κ1) is 6.95. The molecule has 2 N–H and O–H groups in total. The molecule has 1 heterocycles. The molecule has 0 aliphatic carbocycles. The summed E-state index contributed by atoms with van der Waals surface area (Å²) < 4.78 is 0.516. The van der Waals surface area contributed by atoms with E-state index in [2.05, 4.69) is 9.82 Å². The Bertz CT molecular complexity index is 190. The molecule has 0 aliphatic heterocycles. The predicted octanol–water partition coefficient (Wildman–Crippen LogP) is 1.19. The van der Waals surface area contributed by atoms with Crippen molar-refractivity contribution < 1.29 is 4.84 Å². The minimum atomic E-state index is 0.379. The van der Waals surface area contributed by atoms with E-state index >= 15 is 0 Å². The van der Waals surface area contributed by atoms with Gasteiger partial charge in [0.2, 0.25) is 0 Å². The van der Waals surface area contributed by atoms with Gasteiger partial charge < -0.3 is 0 Å². The third kappa shape index (κ3) is 1.91. The Hall–Kier alpha value is -0.160. The molecule has 0 aliphatic rings. The van der Waals surface area contributed by atoms with Gasteiger partial charge in [-0.15, -0.1) is 11.3 Å². The fourth-order valence-electron chi connectivity index (χ4n) is 0.432. The lowest BCUT2D eigenvalue weighted by atomic mass is 10.6. The fourth-order valence-corrected chi connectivity index (χ4v) is 1.33. The molecule has 5 heteroatoms. The fraction of sp³-hybridized carbons (Fsp3) is 0.250. The molecule has 50 valence electrons. The number of nitrogens with zero attached hydrogens (tertiary/aromatic N) is 1. The number of hydrogen-bond acceptors (Lipinski definition) is 4. The van der Waals surface area contributed by atoms with Gasteiger partial charge in [0.15, 0.2) is 4.47 Å². The first-order valence-electron chi connectivity index (χ1n) is 2.25. The van der Waals surface area contributed by atoms with Crippen LogP contribution in [0.15, 0.2) is 6.20 Å². The number of rotatable bonds is 2. The van der Waals surface area contributed by atoms with E-state index in [9.17, 15) is 0 Å². The average molecular weight is 165 g/mol. The minimum absolute atomic E-state index is 0.379. The molecule has 0 saturated heterocycles. The second-order valence-electron chi connectivity index (χ2n) is 1.39. The van der Waals surface area contributed by atoms with Gasteiger partial charge in [0.05, 0.1) is 4.88 Å². The second kappa shape index (κ2) is 3.12. The molecule has 0 spiro atoms. The summed E-state index contributed by atoms with van der Waals surface area (Å²) in [6.45, 7) is 0.379. The standard InChI is InChI=1S/C4H5ClN2OS/c5-4-7-1-3(9-4)2-8-6/h1H,2,6H2. The maximum Gasteiger partial charge on any atom is 0.183 e. The predicted molar refractivity (Wildman–Crippen MR) is 36.1 cm³/mol. The molecule has 9 heavy (non-hydrogen) atoms. The van der Waals surface area contributed by atoms with Gasteiger partial charge in [0.25, 0.3) is 0 Å². The highest BCUT2D eigenvalue weighted by atomic mass is 35.5. The van der Waals surface area contributed by atoms with Gasteiger partial charge in [-0.1, -0.05) is 11.6 Å². The summed E-state index contributed by atoms with van der Waals surface area (Å²) in [5.41, 5.74) is 0. The topological polar surface area (TPSA) is 48.1 Å². The molecule has 1 aromatic rings. The summed E-state index contributed by atoms with van der Waals surface area (Å²) in [5.74, 6) is 4.81. The van der Waals surface area contributed by atoms with Crippen molar-refractivity contribution >= 4 is 22.9 Å². The highest BCUT2D eigenvalue weighted by Gasteiger charge is 1.96. The van der Waals surface area contributed by atoms with Gasteiger partial charge in [-0.2, -0.15) is 0 Å². The highest BCUT2D eigenvalue weighted by Crippen LogP contribution is 2.17. The number of halogens is 1. The summed E-state index contributed by atoms with van der Waals surface area (Å²) >= 11 is 6.87. The maximum absolute atomic E-state index is 5.51. The van der Waals surface area contributed by atoms with Crippen molar-refractivity contribution in [3.63, 3.8) is 0 Å². The number of hydrogen-bond donors (Lipinski definition) is 1. The Balaban J connectivity index is 2.61. The molecule has 0 unspecified atom stereocenters. The van der Waals surface area contributed by atoms with Gasteiger partial charge in [-0.25, -0.2) is 10.9 Å². The number of aromatic nitrogens is 1. The van der Waals surface area contributed by atoms with Crippen LogP contribution in [0.1, 0.15) is 4.88 Å². The van der Waals surface area contributed by atoms with Crippen LogP contribution in [0.3, 0.4) is 0 Å². The molecule has 0 bridgehead atoms. The van der Waals surface area contributed by atoms with E-state index in [-0.39, 0.29) is 0 Å². The van der Waals surface area contributed by atoms with Crippen LogP contribution in [0.4, 0.5) is 0 Å². The summed E-state index contributed by atoms with van der Waals surface area (Å²) in [6.07, 6.45) is 1.64. The van der Waals surface area contributed by atoms with Gasteiger partial charge in [0, 0.05) is 6.20 Å². The number of nitrogens with two attached hydrogens (primary N) is 1. The molecule has 1 rings (SSSR count). The molecule has 0 fully saturated rings. The maximum atomic E-state index is 5.51. The van der Waals surface area contributed by atoms with Crippen molar-refractivity contribution in [2.75, 3.05) is 0 Å². The molecule has 0 atom stereocenters. The van der Waals surface area contributed by atoms with Crippen LogP contribution in [-0.2, 0) is 11.4 Å². The van der Waals surface area contributed by atoms with E-state index in [0.29, 0.717) is 11.1 Å². The summed E-state index contributed by atoms with van der Waals surface area (Å²) in [6, 6.07) is 0. The molecule has 0 amide bonds. The van der Waals surface area contributed by atoms with Crippen LogP contribution in [0.5, 0.6) is 0 Å². The van der Waals surface area contributed by atoms with Crippen molar-refractivity contribution in [2.45, 2.75) is 6.61 Å². The summed E-state index contributed by atoms with van der Waals surface area (Å²) in [7, 11) is 0. The smallest absolute Gasteiger partial charge is 0.183 e. The molecular formula is C4H5ClN2OS. The molecule has 1 aromatic heterocycles. The van der Waals surface area contributed by atoms with E-state index < -0.39 is 0 Å². The van der Waals surface area contributed by atoms with Crippen molar-refractivity contribution in [3.05, 3.63) is 15.5 Å². The van der Waals surface area contributed by atoms with Crippen LogP contribution in [0.2, 0.25) is 4.47 Å². The largest absolute Gasteiger partial charge is 0.299 e. The lowest BCUT2D eigenvalue weighted by molar-refractivity contribution is 0.126. The Kier molecular flexibility index (Phi) is 2.41. The van der Waals surface area contributed by atoms with Crippen LogP contribution < -0.4 is 5.90 Å². The Morgan fingerprint density at radius 2 is 2.67 bits per heavy atom.